The Morgan fingerprint density at radius 2 is 1.90 bits per heavy atom. The van der Waals surface area contributed by atoms with E-state index >= 15 is 0 Å². The van der Waals surface area contributed by atoms with Gasteiger partial charge < -0.3 is 15.4 Å². The molecule has 2 N–H and O–H groups in total. The number of nitrogens with one attached hydrogen (secondary N) is 2. The molecule has 0 unspecified atom stereocenters. The normalized spacial score (nSPS) is 11.0. The number of halogens is 3. The van der Waals surface area contributed by atoms with Gasteiger partial charge in [0, 0.05) is 28.6 Å². The van der Waals surface area contributed by atoms with Crippen LogP contribution >= 0.6 is 23.2 Å². The van der Waals surface area contributed by atoms with Gasteiger partial charge in [-0.25, -0.2) is 19.0 Å². The minimum Gasteiger partial charge on any atom is -0.485 e. The molecule has 9 nitrogen and oxygen atoms in total. The van der Waals surface area contributed by atoms with Crippen LogP contribution in [0.25, 0.3) is 10.9 Å². The molecule has 0 aliphatic heterocycles. The van der Waals surface area contributed by atoms with Gasteiger partial charge in [-0.1, -0.05) is 47.5 Å². The van der Waals surface area contributed by atoms with E-state index in [9.17, 15) is 9.18 Å². The van der Waals surface area contributed by atoms with Crippen LogP contribution in [0.15, 0.2) is 67.1 Å². The number of anilines is 3. The minimum absolute atomic E-state index is 0.0185. The SMILES string of the molecule is CCC(=O)Nc1cc2c(Nc3ccc(F)c(Cl)c3)ncnc2cc1OCc1cn(Cc2ccc(Cl)cc2)nn1. The van der Waals surface area contributed by atoms with Crippen molar-refractivity contribution in [2.24, 2.45) is 0 Å². The number of nitrogens with zero attached hydrogens (tertiary/aromatic N) is 5. The van der Waals surface area contributed by atoms with Crippen molar-refractivity contribution in [2.75, 3.05) is 10.6 Å². The second kappa shape index (κ2) is 11.6. The molecule has 0 fully saturated rings. The molecule has 0 saturated carbocycles. The Balaban J connectivity index is 1.39. The molecule has 5 aromatic rings. The number of carbonyl (C=O) groups is 1. The van der Waals surface area contributed by atoms with E-state index < -0.39 is 5.82 Å². The number of rotatable bonds is 9. The number of hydrogen-bond donors (Lipinski definition) is 2. The number of fused-ring (bicyclic) bond motifs is 1. The zero-order valence-electron chi connectivity index (χ0n) is 20.7. The van der Waals surface area contributed by atoms with Gasteiger partial charge in [0.1, 0.15) is 36.0 Å². The molecule has 0 aliphatic rings. The first-order valence-electron chi connectivity index (χ1n) is 11.9. The van der Waals surface area contributed by atoms with E-state index in [0.717, 1.165) is 5.56 Å². The molecular weight excluding hydrogens is 544 g/mol. The van der Waals surface area contributed by atoms with Crippen LogP contribution in [0.3, 0.4) is 0 Å². The lowest BCUT2D eigenvalue weighted by atomic mass is 10.1. The van der Waals surface area contributed by atoms with E-state index in [1.54, 1.807) is 36.0 Å². The summed E-state index contributed by atoms with van der Waals surface area (Å²) in [7, 11) is 0. The van der Waals surface area contributed by atoms with E-state index in [1.165, 1.54) is 18.5 Å². The van der Waals surface area contributed by atoms with Crippen LogP contribution in [0.2, 0.25) is 10.0 Å². The first-order valence-corrected chi connectivity index (χ1v) is 12.7. The number of aromatic nitrogens is 5. The van der Waals surface area contributed by atoms with Gasteiger partial charge in [0.15, 0.2) is 0 Å². The molecule has 3 aromatic carbocycles. The molecule has 2 heterocycles. The van der Waals surface area contributed by atoms with Crippen LogP contribution in [-0.2, 0) is 17.9 Å². The average Bonchev–Trinajstić information content (AvgIpc) is 3.38. The Hall–Kier alpha value is -4.28. The highest BCUT2D eigenvalue weighted by Crippen LogP contribution is 2.34. The predicted octanol–water partition coefficient (Wildman–Crippen LogP) is 6.39. The molecule has 0 spiro atoms. The molecule has 1 amide bonds. The Bertz CT molecular complexity index is 1640. The second-order valence-electron chi connectivity index (χ2n) is 8.57. The average molecular weight is 566 g/mol. The maximum Gasteiger partial charge on any atom is 0.224 e. The molecule has 198 valence electrons. The number of benzene rings is 3. The van der Waals surface area contributed by atoms with Gasteiger partial charge in [0.25, 0.3) is 0 Å². The summed E-state index contributed by atoms with van der Waals surface area (Å²) < 4.78 is 21.4. The molecular formula is C27H22Cl2FN7O2. The van der Waals surface area contributed by atoms with Gasteiger partial charge in [-0.15, -0.1) is 5.10 Å². The number of amides is 1. The van der Waals surface area contributed by atoms with Gasteiger partial charge in [-0.05, 0) is 42.0 Å². The van der Waals surface area contributed by atoms with Crippen LogP contribution in [0.5, 0.6) is 5.75 Å². The molecule has 0 atom stereocenters. The van der Waals surface area contributed by atoms with Crippen LogP contribution in [0, 0.1) is 5.82 Å². The molecule has 0 bridgehead atoms. The smallest absolute Gasteiger partial charge is 0.224 e. The fraction of sp³-hybridized carbons (Fsp3) is 0.148. The maximum atomic E-state index is 13.6. The summed E-state index contributed by atoms with van der Waals surface area (Å²) in [4.78, 5) is 21.0. The van der Waals surface area contributed by atoms with Crippen LogP contribution < -0.4 is 15.4 Å². The van der Waals surface area contributed by atoms with Crippen LogP contribution in [-0.4, -0.2) is 30.9 Å². The highest BCUT2D eigenvalue weighted by atomic mass is 35.5. The number of ether oxygens (including phenoxy) is 1. The van der Waals surface area contributed by atoms with Crippen molar-refractivity contribution in [3.8, 4) is 5.75 Å². The van der Waals surface area contributed by atoms with Crippen LogP contribution in [0.1, 0.15) is 24.6 Å². The van der Waals surface area contributed by atoms with Crippen molar-refractivity contribution >= 4 is 57.2 Å². The van der Waals surface area contributed by atoms with Gasteiger partial charge in [-0.2, -0.15) is 0 Å². The Morgan fingerprint density at radius 1 is 1.08 bits per heavy atom. The van der Waals surface area contributed by atoms with Crippen LogP contribution in [0.4, 0.5) is 21.6 Å². The summed E-state index contributed by atoms with van der Waals surface area (Å²) in [6, 6.07) is 15.2. The van der Waals surface area contributed by atoms with Gasteiger partial charge in [0.2, 0.25) is 5.91 Å². The van der Waals surface area contributed by atoms with E-state index in [4.69, 9.17) is 27.9 Å². The van der Waals surface area contributed by atoms with Gasteiger partial charge >= 0.3 is 0 Å². The summed E-state index contributed by atoms with van der Waals surface area (Å²) in [5, 5.41) is 15.6. The van der Waals surface area contributed by atoms with Crippen molar-refractivity contribution in [3.63, 3.8) is 0 Å². The highest BCUT2D eigenvalue weighted by molar-refractivity contribution is 6.31. The lowest BCUT2D eigenvalue weighted by Gasteiger charge is -2.15. The molecule has 12 heteroatoms. The lowest BCUT2D eigenvalue weighted by Crippen LogP contribution is -2.11. The maximum absolute atomic E-state index is 13.6. The number of carbonyl (C=O) groups excluding carboxylic acids is 1. The van der Waals surface area contributed by atoms with E-state index in [-0.39, 0.29) is 24.0 Å². The Labute approximate surface area is 232 Å². The van der Waals surface area contributed by atoms with E-state index in [2.05, 4.69) is 30.9 Å². The Morgan fingerprint density at radius 3 is 2.67 bits per heavy atom. The van der Waals surface area contributed by atoms with Gasteiger partial charge in [0.05, 0.1) is 29.0 Å². The predicted molar refractivity (Wildman–Crippen MR) is 148 cm³/mol. The topological polar surface area (TPSA) is 107 Å². The third kappa shape index (κ3) is 6.42. The summed E-state index contributed by atoms with van der Waals surface area (Å²) in [5.74, 6) is 0.147. The first kappa shape index (κ1) is 26.3. The molecule has 5 rings (SSSR count). The van der Waals surface area contributed by atoms with Gasteiger partial charge in [-0.3, -0.25) is 4.79 Å². The third-order valence-corrected chi connectivity index (χ3v) is 6.28. The quantitative estimate of drug-likeness (QED) is 0.213. The Kier molecular flexibility index (Phi) is 7.85. The van der Waals surface area contributed by atoms with Crippen molar-refractivity contribution < 1.29 is 13.9 Å². The summed E-state index contributed by atoms with van der Waals surface area (Å²) in [5.41, 5.74) is 3.19. The molecule has 0 radical (unpaired) electrons. The van der Waals surface area contributed by atoms with E-state index in [1.807, 2.05) is 24.3 Å². The standard InChI is InChI=1S/C27H22Cl2FN7O2/c1-2-26(38)34-24-10-20-23(31-15-32-27(20)33-18-7-8-22(30)21(29)9-18)11-25(24)39-14-19-13-37(36-35-19)12-16-3-5-17(28)6-4-16/h3-11,13,15H,2,12,14H2,1H3,(H,34,38)(H,31,32,33). The van der Waals surface area contributed by atoms with Crippen molar-refractivity contribution in [2.45, 2.75) is 26.5 Å². The lowest BCUT2D eigenvalue weighted by molar-refractivity contribution is -0.115. The van der Waals surface area contributed by atoms with E-state index in [0.29, 0.717) is 51.1 Å². The molecule has 0 aliphatic carbocycles. The molecule has 39 heavy (non-hydrogen) atoms. The zero-order valence-corrected chi connectivity index (χ0v) is 22.2. The second-order valence-corrected chi connectivity index (χ2v) is 9.41. The fourth-order valence-corrected chi connectivity index (χ4v) is 4.07. The molecule has 0 saturated heterocycles. The summed E-state index contributed by atoms with van der Waals surface area (Å²) in [6.45, 7) is 2.40. The first-order chi connectivity index (χ1) is 18.9. The fourth-order valence-electron chi connectivity index (χ4n) is 3.76. The monoisotopic (exact) mass is 565 g/mol. The van der Waals surface area contributed by atoms with Crippen molar-refractivity contribution in [1.29, 1.82) is 0 Å². The van der Waals surface area contributed by atoms with Crippen molar-refractivity contribution in [1.82, 2.24) is 25.0 Å². The minimum atomic E-state index is -0.522. The number of hydrogen-bond acceptors (Lipinski definition) is 7. The third-order valence-electron chi connectivity index (χ3n) is 5.73. The summed E-state index contributed by atoms with van der Waals surface area (Å²) in [6.07, 6.45) is 3.46. The molecule has 2 aromatic heterocycles. The summed E-state index contributed by atoms with van der Waals surface area (Å²) >= 11 is 11.9. The highest BCUT2D eigenvalue weighted by Gasteiger charge is 2.15. The van der Waals surface area contributed by atoms with Crippen molar-refractivity contribution in [3.05, 3.63) is 94.2 Å². The largest absolute Gasteiger partial charge is 0.485 e. The zero-order chi connectivity index (χ0) is 27.4.